The van der Waals surface area contributed by atoms with Crippen LogP contribution in [0.1, 0.15) is 64.8 Å². The molecule has 0 bridgehead atoms. The van der Waals surface area contributed by atoms with E-state index in [0.29, 0.717) is 12.2 Å². The highest BCUT2D eigenvalue weighted by Gasteiger charge is 2.52. The summed E-state index contributed by atoms with van der Waals surface area (Å²) in [7, 11) is 0. The van der Waals surface area contributed by atoms with Crippen molar-refractivity contribution in [2.75, 3.05) is 0 Å². The average molecular weight is 527 g/mol. The normalized spacial score (nSPS) is 16.0. The van der Waals surface area contributed by atoms with Crippen LogP contribution in [0.15, 0.2) is 114 Å². The SMILES string of the molecule is CC(=O)C1=C(C)OC(c2ccc(C)cc2)(c2ccc(C)cc2)C1CC=C(c1ccc(C)cc1)c1ccc(C)cc1. The molecule has 2 heteroatoms. The molecule has 1 aliphatic rings. The van der Waals surface area contributed by atoms with E-state index in [4.69, 9.17) is 4.74 Å². The van der Waals surface area contributed by atoms with Gasteiger partial charge in [0.1, 0.15) is 5.76 Å². The zero-order valence-electron chi connectivity index (χ0n) is 24.4. The van der Waals surface area contributed by atoms with E-state index in [1.807, 2.05) is 6.92 Å². The lowest BCUT2D eigenvalue weighted by molar-refractivity contribution is -0.114. The van der Waals surface area contributed by atoms with Crippen LogP contribution in [0, 0.1) is 33.6 Å². The van der Waals surface area contributed by atoms with E-state index in [9.17, 15) is 4.79 Å². The fourth-order valence-electron chi connectivity index (χ4n) is 5.99. The summed E-state index contributed by atoms with van der Waals surface area (Å²) in [5.41, 5.74) is 10.4. The molecule has 1 aliphatic heterocycles. The molecule has 0 fully saturated rings. The molecule has 1 atom stereocenters. The Morgan fingerprint density at radius 2 is 1.02 bits per heavy atom. The molecule has 1 heterocycles. The molecule has 5 rings (SSSR count). The van der Waals surface area contributed by atoms with E-state index in [1.54, 1.807) is 6.92 Å². The second kappa shape index (κ2) is 11.1. The highest BCUT2D eigenvalue weighted by Crippen LogP contribution is 2.53. The van der Waals surface area contributed by atoms with Gasteiger partial charge < -0.3 is 4.74 Å². The summed E-state index contributed by atoms with van der Waals surface area (Å²) in [6.07, 6.45) is 2.95. The molecular formula is C38H38O2. The topological polar surface area (TPSA) is 26.3 Å². The van der Waals surface area contributed by atoms with Crippen LogP contribution in [0.3, 0.4) is 0 Å². The summed E-state index contributed by atoms with van der Waals surface area (Å²) in [6.45, 7) is 12.0. The van der Waals surface area contributed by atoms with Crippen molar-refractivity contribution in [3.05, 3.63) is 159 Å². The molecule has 0 saturated carbocycles. The number of hydrogen-bond donors (Lipinski definition) is 0. The number of ketones is 1. The summed E-state index contributed by atoms with van der Waals surface area (Å²) >= 11 is 0. The predicted octanol–water partition coefficient (Wildman–Crippen LogP) is 9.20. The van der Waals surface area contributed by atoms with Crippen molar-refractivity contribution in [2.24, 2.45) is 5.92 Å². The van der Waals surface area contributed by atoms with E-state index < -0.39 is 5.60 Å². The highest BCUT2D eigenvalue weighted by molar-refractivity contribution is 5.95. The molecule has 202 valence electrons. The third kappa shape index (κ3) is 5.19. The molecule has 0 radical (unpaired) electrons. The minimum absolute atomic E-state index is 0.0595. The van der Waals surface area contributed by atoms with Crippen molar-refractivity contribution in [2.45, 2.75) is 53.6 Å². The van der Waals surface area contributed by atoms with Crippen LogP contribution in [-0.2, 0) is 15.1 Å². The molecule has 0 amide bonds. The molecule has 0 spiro atoms. The van der Waals surface area contributed by atoms with Gasteiger partial charge in [0.2, 0.25) is 0 Å². The molecular weight excluding hydrogens is 488 g/mol. The number of rotatable bonds is 7. The van der Waals surface area contributed by atoms with Crippen molar-refractivity contribution < 1.29 is 9.53 Å². The Morgan fingerprint density at radius 1 is 0.650 bits per heavy atom. The summed E-state index contributed by atoms with van der Waals surface area (Å²) < 4.78 is 6.89. The van der Waals surface area contributed by atoms with Gasteiger partial charge in [0, 0.05) is 22.6 Å². The number of ether oxygens (including phenoxy) is 1. The van der Waals surface area contributed by atoms with Crippen molar-refractivity contribution >= 4 is 11.4 Å². The van der Waals surface area contributed by atoms with Gasteiger partial charge in [-0.05, 0) is 64.7 Å². The lowest BCUT2D eigenvalue weighted by Gasteiger charge is -2.37. The number of hydrogen-bond acceptors (Lipinski definition) is 2. The molecule has 4 aromatic carbocycles. The van der Waals surface area contributed by atoms with E-state index >= 15 is 0 Å². The van der Waals surface area contributed by atoms with E-state index in [-0.39, 0.29) is 11.7 Å². The molecule has 40 heavy (non-hydrogen) atoms. The van der Waals surface area contributed by atoms with Gasteiger partial charge in [-0.15, -0.1) is 0 Å². The quantitative estimate of drug-likeness (QED) is 0.240. The molecule has 0 aliphatic carbocycles. The first kappa shape index (κ1) is 27.4. The number of allylic oxidation sites excluding steroid dienone is 2. The van der Waals surface area contributed by atoms with Crippen LogP contribution in [0.5, 0.6) is 0 Å². The number of aryl methyl sites for hydroxylation is 4. The van der Waals surface area contributed by atoms with Gasteiger partial charge in [-0.2, -0.15) is 0 Å². The number of carbonyl (C=O) groups excluding carboxylic acids is 1. The van der Waals surface area contributed by atoms with Crippen LogP contribution < -0.4 is 0 Å². The smallest absolute Gasteiger partial charge is 0.166 e. The highest BCUT2D eigenvalue weighted by atomic mass is 16.5. The third-order valence-electron chi connectivity index (χ3n) is 8.16. The van der Waals surface area contributed by atoms with Gasteiger partial charge in [0.25, 0.3) is 0 Å². The lowest BCUT2D eigenvalue weighted by atomic mass is 9.71. The summed E-state index contributed by atoms with van der Waals surface area (Å²) in [5, 5.41) is 0. The third-order valence-corrected chi connectivity index (χ3v) is 8.16. The van der Waals surface area contributed by atoms with Gasteiger partial charge in [-0.1, -0.05) is 125 Å². The molecule has 4 aromatic rings. The molecule has 1 unspecified atom stereocenters. The predicted molar refractivity (Wildman–Crippen MR) is 165 cm³/mol. The van der Waals surface area contributed by atoms with E-state index in [0.717, 1.165) is 33.4 Å². The van der Waals surface area contributed by atoms with Gasteiger partial charge in [0.05, 0.1) is 0 Å². The van der Waals surface area contributed by atoms with E-state index in [2.05, 4.69) is 131 Å². The average Bonchev–Trinajstić information content (AvgIpc) is 3.24. The van der Waals surface area contributed by atoms with Crippen LogP contribution >= 0.6 is 0 Å². The number of Topliss-reactive ketones (excluding diaryl/α,β-unsaturated/α-hetero) is 1. The van der Waals surface area contributed by atoms with Crippen LogP contribution in [0.4, 0.5) is 0 Å². The lowest BCUT2D eigenvalue weighted by Crippen LogP contribution is -2.36. The maximum Gasteiger partial charge on any atom is 0.166 e. The van der Waals surface area contributed by atoms with Crippen molar-refractivity contribution in [3.63, 3.8) is 0 Å². The maximum absolute atomic E-state index is 13.2. The summed E-state index contributed by atoms with van der Waals surface area (Å²) in [4.78, 5) is 13.2. The fraction of sp³-hybridized carbons (Fsp3) is 0.237. The largest absolute Gasteiger partial charge is 0.481 e. The van der Waals surface area contributed by atoms with Crippen LogP contribution in [-0.4, -0.2) is 5.78 Å². The Morgan fingerprint density at radius 3 is 1.40 bits per heavy atom. The Balaban J connectivity index is 1.71. The summed E-state index contributed by atoms with van der Waals surface area (Å²) in [5.74, 6) is 0.574. The number of benzene rings is 4. The molecule has 2 nitrogen and oxygen atoms in total. The fourth-order valence-corrected chi connectivity index (χ4v) is 5.99. The molecule has 0 saturated heterocycles. The summed E-state index contributed by atoms with van der Waals surface area (Å²) in [6, 6.07) is 34.5. The van der Waals surface area contributed by atoms with Gasteiger partial charge in [0.15, 0.2) is 11.4 Å². The van der Waals surface area contributed by atoms with E-state index in [1.165, 1.54) is 22.3 Å². The first-order chi connectivity index (χ1) is 19.2. The maximum atomic E-state index is 13.2. The van der Waals surface area contributed by atoms with Gasteiger partial charge in [-0.3, -0.25) is 4.79 Å². The van der Waals surface area contributed by atoms with Crippen molar-refractivity contribution in [3.8, 4) is 0 Å². The number of carbonyl (C=O) groups is 1. The van der Waals surface area contributed by atoms with Crippen molar-refractivity contribution in [1.29, 1.82) is 0 Å². The molecule has 0 aromatic heterocycles. The molecule has 0 N–H and O–H groups in total. The minimum Gasteiger partial charge on any atom is -0.481 e. The standard InChI is InChI=1S/C38H38O2/c1-25-7-15-31(16-8-25)35(32-17-9-26(2)10-18-32)23-24-36-37(29(5)39)30(6)40-38(36,33-19-11-27(3)12-20-33)34-21-13-28(4)14-22-34/h7-23,36H,24H2,1-6H3. The zero-order valence-corrected chi connectivity index (χ0v) is 24.4. The zero-order chi connectivity index (χ0) is 28.4. The Kier molecular flexibility index (Phi) is 7.63. The Labute approximate surface area is 239 Å². The minimum atomic E-state index is -0.811. The van der Waals surface area contributed by atoms with Crippen molar-refractivity contribution in [1.82, 2.24) is 0 Å². The van der Waals surface area contributed by atoms with Crippen LogP contribution in [0.25, 0.3) is 5.57 Å². The second-order valence-electron chi connectivity index (χ2n) is 11.2. The van der Waals surface area contributed by atoms with Gasteiger partial charge >= 0.3 is 0 Å². The second-order valence-corrected chi connectivity index (χ2v) is 11.2. The Bertz CT molecular complexity index is 1470. The monoisotopic (exact) mass is 526 g/mol. The Hall–Kier alpha value is -4.17. The van der Waals surface area contributed by atoms with Crippen LogP contribution in [0.2, 0.25) is 0 Å². The van der Waals surface area contributed by atoms with Gasteiger partial charge in [-0.25, -0.2) is 0 Å². The first-order valence-electron chi connectivity index (χ1n) is 14.1. The first-order valence-corrected chi connectivity index (χ1v) is 14.1.